The van der Waals surface area contributed by atoms with Crippen molar-refractivity contribution in [2.45, 2.75) is 37.0 Å². The van der Waals surface area contributed by atoms with Crippen LogP contribution >= 0.6 is 0 Å². The van der Waals surface area contributed by atoms with Gasteiger partial charge in [-0.05, 0) is 62.5 Å². The van der Waals surface area contributed by atoms with Crippen LogP contribution in [0.15, 0.2) is 42.0 Å². The monoisotopic (exact) mass is 578 g/mol. The highest BCUT2D eigenvalue weighted by Gasteiger charge is 2.67. The van der Waals surface area contributed by atoms with E-state index in [9.17, 15) is 39.9 Å². The number of benzene rings is 2. The number of carbonyl (C=O) groups is 3. The van der Waals surface area contributed by atoms with Gasteiger partial charge in [0.05, 0.1) is 18.8 Å². The van der Waals surface area contributed by atoms with Gasteiger partial charge >= 0.3 is 0 Å². The van der Waals surface area contributed by atoms with Gasteiger partial charge in [0.15, 0.2) is 22.9 Å². The molecular weight excluding hydrogens is 544 g/mol. The van der Waals surface area contributed by atoms with Crippen molar-refractivity contribution in [1.82, 2.24) is 4.90 Å². The van der Waals surface area contributed by atoms with Crippen LogP contribution < -0.4 is 10.5 Å². The molecule has 0 spiro atoms. The molecule has 3 aliphatic carbocycles. The van der Waals surface area contributed by atoms with Gasteiger partial charge in [-0.2, -0.15) is 0 Å². The third-order valence-corrected chi connectivity index (χ3v) is 8.95. The van der Waals surface area contributed by atoms with Crippen LogP contribution in [0.1, 0.15) is 28.7 Å². The standard InChI is InChI=1S/C31H34N2O9/c1-33(2)24-18-13-16-12-17-14(6-4-7-15-8-5-9-20(42-3)25(15)35)10-11-19(34)22(17)26(36)21(16)28(38)31(18,41)29(39)23(27(24)37)30(32)40/h4-6,8-11,16,18,23-24,27,34-37,41H,7,12-13H2,1-3H3,(H2,32,40)/b6-4-/t16-,18-,23?,24-,27?,31-/m1/s1. The number of methoxy groups -OCH3 is 1. The normalized spacial score (nSPS) is 29.0. The summed E-state index contributed by atoms with van der Waals surface area (Å²) in [6.45, 7) is 0. The minimum atomic E-state index is -2.70. The number of Topliss-reactive ketones (excluding diaryl/α,β-unsaturated/α-hetero) is 2. The van der Waals surface area contributed by atoms with Gasteiger partial charge in [-0.3, -0.25) is 14.4 Å². The topological polar surface area (TPSA) is 191 Å². The Balaban J connectivity index is 1.57. The molecule has 0 radical (unpaired) electrons. The van der Waals surface area contributed by atoms with Gasteiger partial charge < -0.3 is 40.9 Å². The fraction of sp³-hybridized carbons (Fsp3) is 0.387. The van der Waals surface area contributed by atoms with Gasteiger partial charge in [-0.15, -0.1) is 0 Å². The minimum Gasteiger partial charge on any atom is -0.507 e. The Morgan fingerprint density at radius 2 is 1.88 bits per heavy atom. The molecule has 5 rings (SSSR count). The number of primary amides is 1. The van der Waals surface area contributed by atoms with Gasteiger partial charge in [-0.1, -0.05) is 30.4 Å². The zero-order chi connectivity index (χ0) is 30.7. The summed E-state index contributed by atoms with van der Waals surface area (Å²) in [5, 5.41) is 55.2. The number of allylic oxidation sites excluding steroid dienone is 1. The molecule has 0 bridgehead atoms. The predicted octanol–water partition coefficient (Wildman–Crippen LogP) is 1.10. The van der Waals surface area contributed by atoms with Crippen molar-refractivity contribution in [3.8, 4) is 17.2 Å². The van der Waals surface area contributed by atoms with E-state index >= 15 is 0 Å². The number of fused-ring (bicyclic) bond motifs is 3. The van der Waals surface area contributed by atoms with Gasteiger partial charge in [-0.25, -0.2) is 0 Å². The number of hydrogen-bond acceptors (Lipinski definition) is 10. The summed E-state index contributed by atoms with van der Waals surface area (Å²) in [7, 11) is 4.67. The van der Waals surface area contributed by atoms with E-state index in [0.29, 0.717) is 28.9 Å². The fourth-order valence-corrected chi connectivity index (χ4v) is 6.99. The Kier molecular flexibility index (Phi) is 7.38. The lowest BCUT2D eigenvalue weighted by atomic mass is 9.54. The number of phenolic OH excluding ortho intramolecular Hbond substituents is 2. The molecule has 0 heterocycles. The molecule has 2 unspecified atom stereocenters. The van der Waals surface area contributed by atoms with E-state index in [-0.39, 0.29) is 35.5 Å². The summed E-state index contributed by atoms with van der Waals surface area (Å²) in [5.41, 5.74) is 4.37. The number of nitrogens with two attached hydrogens (primary N) is 1. The quantitative estimate of drug-likeness (QED) is 0.271. The molecular formula is C31H34N2O9. The first-order valence-electron chi connectivity index (χ1n) is 13.6. The molecule has 2 saturated carbocycles. The van der Waals surface area contributed by atoms with Crippen molar-refractivity contribution in [2.24, 2.45) is 23.5 Å². The lowest BCUT2D eigenvalue weighted by Crippen LogP contribution is -2.73. The van der Waals surface area contributed by atoms with Crippen molar-refractivity contribution in [3.05, 3.63) is 64.2 Å². The number of carbonyl (C=O) groups excluding carboxylic acids is 3. The number of ether oxygens (including phenoxy) is 1. The highest BCUT2D eigenvalue weighted by Crippen LogP contribution is 2.52. The zero-order valence-electron chi connectivity index (χ0n) is 23.4. The molecule has 0 aliphatic heterocycles. The largest absolute Gasteiger partial charge is 0.507 e. The second kappa shape index (κ2) is 10.6. The van der Waals surface area contributed by atoms with E-state index in [1.54, 1.807) is 49.3 Å². The van der Waals surface area contributed by atoms with Crippen LogP contribution in [0.2, 0.25) is 0 Å². The molecule has 2 aromatic rings. The van der Waals surface area contributed by atoms with Crippen LogP contribution in [-0.2, 0) is 27.2 Å². The van der Waals surface area contributed by atoms with Gasteiger partial charge in [0.25, 0.3) is 0 Å². The molecule has 222 valence electrons. The van der Waals surface area contributed by atoms with Crippen molar-refractivity contribution >= 4 is 29.3 Å². The van der Waals surface area contributed by atoms with Crippen LogP contribution in [0.25, 0.3) is 11.8 Å². The summed E-state index contributed by atoms with van der Waals surface area (Å²) in [5.74, 6) is -7.44. The molecule has 3 aliphatic rings. The predicted molar refractivity (Wildman–Crippen MR) is 151 cm³/mol. The summed E-state index contributed by atoms with van der Waals surface area (Å²) in [6.07, 6.45) is 2.63. The van der Waals surface area contributed by atoms with Crippen molar-refractivity contribution < 1.29 is 44.7 Å². The van der Waals surface area contributed by atoms with Crippen LogP contribution in [0.3, 0.4) is 0 Å². The number of aromatic hydroxyl groups is 2. The Morgan fingerprint density at radius 1 is 1.17 bits per heavy atom. The van der Waals surface area contributed by atoms with Crippen LogP contribution in [0.4, 0.5) is 0 Å². The van der Waals surface area contributed by atoms with Crippen LogP contribution in [0, 0.1) is 17.8 Å². The van der Waals surface area contributed by atoms with E-state index < -0.39 is 58.7 Å². The number of para-hydroxylation sites is 1. The number of likely N-dealkylation sites (N-methyl/N-ethyl adjacent to an activating group) is 1. The maximum Gasteiger partial charge on any atom is 0.230 e. The van der Waals surface area contributed by atoms with Gasteiger partial charge in [0, 0.05) is 23.1 Å². The molecule has 6 atom stereocenters. The molecule has 0 saturated heterocycles. The molecule has 0 aromatic heterocycles. The SMILES string of the molecule is COc1cccc(C/C=C\c2ccc(O)c3c2C[C@@H]2C[C@@H]4[C@@H](N(C)C)C(O)C(C(N)=O)C(=O)[C@]4(O)C(=O)C2=C3O)c1O. The summed E-state index contributed by atoms with van der Waals surface area (Å²) < 4.78 is 5.16. The van der Waals surface area contributed by atoms with E-state index in [2.05, 4.69) is 0 Å². The first-order valence-corrected chi connectivity index (χ1v) is 13.6. The van der Waals surface area contributed by atoms with Gasteiger partial charge in [0.2, 0.25) is 11.7 Å². The Labute approximate surface area is 242 Å². The number of ketones is 2. The molecule has 1 amide bonds. The van der Waals surface area contributed by atoms with Crippen LogP contribution in [0.5, 0.6) is 17.2 Å². The maximum atomic E-state index is 13.9. The number of rotatable bonds is 6. The first kappa shape index (κ1) is 29.3. The average molecular weight is 579 g/mol. The molecule has 11 heteroatoms. The second-order valence-corrected chi connectivity index (χ2v) is 11.4. The van der Waals surface area contributed by atoms with Crippen molar-refractivity contribution in [1.29, 1.82) is 0 Å². The number of phenols is 2. The summed E-state index contributed by atoms with van der Waals surface area (Å²) >= 11 is 0. The highest BCUT2D eigenvalue weighted by atomic mass is 16.5. The fourth-order valence-electron chi connectivity index (χ4n) is 6.99. The maximum absolute atomic E-state index is 13.9. The van der Waals surface area contributed by atoms with E-state index in [1.807, 2.05) is 6.08 Å². The molecule has 11 nitrogen and oxygen atoms in total. The Hall–Kier alpha value is -4.19. The number of amides is 1. The summed E-state index contributed by atoms with van der Waals surface area (Å²) in [6, 6.07) is 7.24. The minimum absolute atomic E-state index is 0.0157. The number of aliphatic hydroxyl groups is 3. The van der Waals surface area contributed by atoms with Crippen LogP contribution in [-0.4, -0.2) is 86.9 Å². The van der Waals surface area contributed by atoms with Gasteiger partial charge in [0.1, 0.15) is 17.4 Å². The summed E-state index contributed by atoms with van der Waals surface area (Å²) in [4.78, 5) is 41.1. The zero-order valence-corrected chi connectivity index (χ0v) is 23.4. The highest BCUT2D eigenvalue weighted by molar-refractivity contribution is 6.25. The molecule has 42 heavy (non-hydrogen) atoms. The smallest absolute Gasteiger partial charge is 0.230 e. The lowest BCUT2D eigenvalue weighted by molar-refractivity contribution is -0.184. The second-order valence-electron chi connectivity index (χ2n) is 11.4. The average Bonchev–Trinajstić information content (AvgIpc) is 2.92. The van der Waals surface area contributed by atoms with E-state index in [4.69, 9.17) is 10.5 Å². The Morgan fingerprint density at radius 3 is 2.52 bits per heavy atom. The van der Waals surface area contributed by atoms with E-state index in [1.165, 1.54) is 13.2 Å². The van der Waals surface area contributed by atoms with E-state index in [0.717, 1.165) is 0 Å². The molecule has 7 N–H and O–H groups in total. The Bertz CT molecular complexity index is 1550. The third kappa shape index (κ3) is 4.27. The van der Waals surface area contributed by atoms with Crippen molar-refractivity contribution in [2.75, 3.05) is 21.2 Å². The third-order valence-electron chi connectivity index (χ3n) is 8.95. The number of nitrogens with zero attached hydrogens (tertiary/aromatic N) is 1. The molecule has 2 fully saturated rings. The van der Waals surface area contributed by atoms with Crippen molar-refractivity contribution in [3.63, 3.8) is 0 Å². The first-order chi connectivity index (χ1) is 19.8. The lowest BCUT2D eigenvalue weighted by Gasteiger charge is -2.53. The number of aliphatic hydroxyl groups excluding tert-OH is 2. The number of hydrogen-bond donors (Lipinski definition) is 6. The molecule has 2 aromatic carbocycles.